The second-order valence-electron chi connectivity index (χ2n) is 10.4. The zero-order chi connectivity index (χ0) is 31.3. The monoisotopic (exact) mass is 600 g/mol. The van der Waals surface area contributed by atoms with Gasteiger partial charge in [0, 0.05) is 18.7 Å². The number of fused-ring (bicyclic) bond motifs is 1. The number of nitrogens with zero attached hydrogens (tertiary/aromatic N) is 2. The van der Waals surface area contributed by atoms with E-state index in [1.54, 1.807) is 24.3 Å². The fourth-order valence-electron chi connectivity index (χ4n) is 5.09. The molecule has 226 valence electrons. The molecule has 0 atom stereocenters. The number of anilines is 2. The summed E-state index contributed by atoms with van der Waals surface area (Å²) in [6.07, 6.45) is -1.85. The molecule has 1 amide bonds. The number of benzene rings is 4. The molecule has 0 bridgehead atoms. The molecule has 0 unspecified atom stereocenters. The Kier molecular flexibility index (Phi) is 8.99. The van der Waals surface area contributed by atoms with Crippen LogP contribution >= 0.6 is 0 Å². The van der Waals surface area contributed by atoms with Crippen LogP contribution in [0.2, 0.25) is 0 Å². The first kappa shape index (κ1) is 30.3. The third-order valence-electron chi connectivity index (χ3n) is 7.30. The Hall–Kier alpha value is -5.12. The predicted molar refractivity (Wildman–Crippen MR) is 165 cm³/mol. The normalized spacial score (nSPS) is 11.5. The number of carboxylic acid groups (broad SMARTS) is 1. The fourth-order valence-corrected chi connectivity index (χ4v) is 5.09. The van der Waals surface area contributed by atoms with Crippen molar-refractivity contribution in [1.29, 1.82) is 0 Å². The van der Waals surface area contributed by atoms with Gasteiger partial charge in [-0.2, -0.15) is 13.2 Å². The number of nitrogens with one attached hydrogen (secondary N) is 2. The first-order valence-corrected chi connectivity index (χ1v) is 14.2. The number of unbranched alkanes of at least 4 members (excludes halogenated alkanes) is 1. The SMILES string of the molecule is CCCCc1nc2ccc(NCC(=O)Nc3ccccc3C(F)(F)F)cc2n1Cc1ccc(-c2ccccc2C(=O)O)cc1. The van der Waals surface area contributed by atoms with Crippen LogP contribution in [0, 0.1) is 0 Å². The molecule has 3 N–H and O–H groups in total. The lowest BCUT2D eigenvalue weighted by molar-refractivity contribution is -0.137. The molecule has 5 aromatic rings. The van der Waals surface area contributed by atoms with Gasteiger partial charge in [-0.15, -0.1) is 0 Å². The van der Waals surface area contributed by atoms with E-state index in [0.717, 1.165) is 53.3 Å². The molecule has 0 saturated carbocycles. The lowest BCUT2D eigenvalue weighted by Crippen LogP contribution is -2.23. The molecule has 0 aliphatic rings. The average molecular weight is 601 g/mol. The van der Waals surface area contributed by atoms with Crippen LogP contribution in [0.25, 0.3) is 22.2 Å². The number of aromatic carboxylic acids is 1. The Morgan fingerprint density at radius 1 is 0.932 bits per heavy atom. The maximum Gasteiger partial charge on any atom is 0.418 e. The van der Waals surface area contributed by atoms with E-state index in [0.29, 0.717) is 17.8 Å². The number of alkyl halides is 3. The van der Waals surface area contributed by atoms with E-state index < -0.39 is 23.6 Å². The zero-order valence-corrected chi connectivity index (χ0v) is 24.0. The van der Waals surface area contributed by atoms with Crippen molar-refractivity contribution in [3.63, 3.8) is 0 Å². The van der Waals surface area contributed by atoms with Crippen LogP contribution in [0.3, 0.4) is 0 Å². The molecule has 5 rings (SSSR count). The van der Waals surface area contributed by atoms with Gasteiger partial charge in [0.2, 0.25) is 5.91 Å². The minimum atomic E-state index is -4.58. The van der Waals surface area contributed by atoms with Gasteiger partial charge in [-0.05, 0) is 59.5 Å². The molecular weight excluding hydrogens is 569 g/mol. The number of carboxylic acids is 1. The van der Waals surface area contributed by atoms with E-state index >= 15 is 0 Å². The molecule has 7 nitrogen and oxygen atoms in total. The van der Waals surface area contributed by atoms with E-state index in [-0.39, 0.29) is 17.8 Å². The highest BCUT2D eigenvalue weighted by atomic mass is 19.4. The minimum absolute atomic E-state index is 0.228. The van der Waals surface area contributed by atoms with Crippen molar-refractivity contribution < 1.29 is 27.9 Å². The Morgan fingerprint density at radius 2 is 1.66 bits per heavy atom. The zero-order valence-electron chi connectivity index (χ0n) is 24.0. The molecule has 0 fully saturated rings. The number of hydrogen-bond donors (Lipinski definition) is 3. The lowest BCUT2D eigenvalue weighted by atomic mass is 9.99. The second-order valence-corrected chi connectivity index (χ2v) is 10.4. The topological polar surface area (TPSA) is 96.3 Å². The van der Waals surface area contributed by atoms with Crippen LogP contribution in [0.5, 0.6) is 0 Å². The minimum Gasteiger partial charge on any atom is -0.478 e. The Morgan fingerprint density at radius 3 is 2.39 bits per heavy atom. The average Bonchev–Trinajstić information content (AvgIpc) is 3.35. The first-order valence-electron chi connectivity index (χ1n) is 14.2. The Labute approximate surface area is 252 Å². The van der Waals surface area contributed by atoms with Gasteiger partial charge < -0.3 is 20.3 Å². The van der Waals surface area contributed by atoms with Gasteiger partial charge in [-0.25, -0.2) is 9.78 Å². The lowest BCUT2D eigenvalue weighted by Gasteiger charge is -2.14. The van der Waals surface area contributed by atoms with Crippen molar-refractivity contribution in [2.45, 2.75) is 38.9 Å². The maximum absolute atomic E-state index is 13.3. The molecule has 0 aliphatic carbocycles. The molecular formula is C34H31F3N4O3. The highest BCUT2D eigenvalue weighted by molar-refractivity contribution is 5.96. The van der Waals surface area contributed by atoms with Crippen LogP contribution < -0.4 is 10.6 Å². The van der Waals surface area contributed by atoms with E-state index in [1.807, 2.05) is 42.5 Å². The maximum atomic E-state index is 13.3. The standard InChI is InChI=1S/C34H31F3N4O3/c1-2-3-12-31-39-29-18-17-24(38-20-32(42)40-28-11-7-6-10-27(28)34(35,36)37)19-30(29)41(31)21-22-13-15-23(16-14-22)25-8-4-5-9-26(25)33(43)44/h4-11,13-19,38H,2-3,12,20-21H2,1H3,(H,40,42)(H,43,44). The summed E-state index contributed by atoms with van der Waals surface area (Å²) in [5, 5.41) is 14.9. The highest BCUT2D eigenvalue weighted by Gasteiger charge is 2.33. The van der Waals surface area contributed by atoms with Gasteiger partial charge in [-0.1, -0.05) is 67.9 Å². The van der Waals surface area contributed by atoms with Crippen LogP contribution in [0.15, 0.2) is 91.0 Å². The summed E-state index contributed by atoms with van der Waals surface area (Å²) in [5.74, 6) is -0.674. The number of halogens is 3. The number of imidazole rings is 1. The number of carbonyl (C=O) groups is 2. The van der Waals surface area contributed by atoms with E-state index in [2.05, 4.69) is 22.1 Å². The summed E-state index contributed by atoms with van der Waals surface area (Å²) in [6.45, 7) is 2.41. The Bertz CT molecular complexity index is 1800. The van der Waals surface area contributed by atoms with Crippen LogP contribution in [0.4, 0.5) is 24.5 Å². The van der Waals surface area contributed by atoms with E-state index in [1.165, 1.54) is 18.2 Å². The molecule has 44 heavy (non-hydrogen) atoms. The molecule has 0 aliphatic heterocycles. The van der Waals surface area contributed by atoms with Gasteiger partial charge in [0.15, 0.2) is 0 Å². The molecule has 4 aromatic carbocycles. The second kappa shape index (κ2) is 13.0. The summed E-state index contributed by atoms with van der Waals surface area (Å²) in [4.78, 5) is 29.1. The molecule has 10 heteroatoms. The third-order valence-corrected chi connectivity index (χ3v) is 7.30. The van der Waals surface area contributed by atoms with Gasteiger partial charge in [0.1, 0.15) is 5.82 Å². The van der Waals surface area contributed by atoms with Gasteiger partial charge >= 0.3 is 12.1 Å². The number of para-hydroxylation sites is 1. The molecule has 1 aromatic heterocycles. The number of aryl methyl sites for hydroxylation is 1. The summed E-state index contributed by atoms with van der Waals surface area (Å²) in [6, 6.07) is 25.0. The highest BCUT2D eigenvalue weighted by Crippen LogP contribution is 2.34. The summed E-state index contributed by atoms with van der Waals surface area (Å²) >= 11 is 0. The summed E-state index contributed by atoms with van der Waals surface area (Å²) in [7, 11) is 0. The van der Waals surface area contributed by atoms with Crippen molar-refractivity contribution >= 4 is 34.3 Å². The van der Waals surface area contributed by atoms with Crippen molar-refractivity contribution in [3.05, 3.63) is 114 Å². The quantitative estimate of drug-likeness (QED) is 0.143. The Balaban J connectivity index is 1.36. The van der Waals surface area contributed by atoms with E-state index in [4.69, 9.17) is 4.98 Å². The molecule has 0 saturated heterocycles. The van der Waals surface area contributed by atoms with Crippen LogP contribution in [0.1, 0.15) is 47.1 Å². The molecule has 0 spiro atoms. The number of carbonyl (C=O) groups excluding carboxylic acids is 1. The fraction of sp³-hybridized carbons (Fsp3) is 0.206. The van der Waals surface area contributed by atoms with Crippen molar-refractivity contribution in [2.24, 2.45) is 0 Å². The summed E-state index contributed by atoms with van der Waals surface area (Å²) in [5.41, 5.74) is 3.75. The summed E-state index contributed by atoms with van der Waals surface area (Å²) < 4.78 is 42.1. The van der Waals surface area contributed by atoms with Crippen LogP contribution in [-0.4, -0.2) is 33.1 Å². The largest absolute Gasteiger partial charge is 0.478 e. The van der Waals surface area contributed by atoms with Crippen LogP contribution in [-0.2, 0) is 23.9 Å². The smallest absolute Gasteiger partial charge is 0.418 e. The third kappa shape index (κ3) is 6.91. The van der Waals surface area contributed by atoms with E-state index in [9.17, 15) is 27.9 Å². The van der Waals surface area contributed by atoms with Gasteiger partial charge in [0.25, 0.3) is 0 Å². The van der Waals surface area contributed by atoms with Crippen molar-refractivity contribution in [3.8, 4) is 11.1 Å². The molecule has 0 radical (unpaired) electrons. The van der Waals surface area contributed by atoms with Gasteiger partial charge in [-0.3, -0.25) is 4.79 Å². The van der Waals surface area contributed by atoms with Crippen molar-refractivity contribution in [2.75, 3.05) is 17.2 Å². The van der Waals surface area contributed by atoms with Crippen molar-refractivity contribution in [1.82, 2.24) is 9.55 Å². The number of hydrogen-bond acceptors (Lipinski definition) is 4. The van der Waals surface area contributed by atoms with Gasteiger partial charge in [0.05, 0.1) is 34.4 Å². The number of rotatable bonds is 11. The molecule has 1 heterocycles. The first-order chi connectivity index (χ1) is 21.1. The number of aromatic nitrogens is 2. The number of amides is 1. The predicted octanol–water partition coefficient (Wildman–Crippen LogP) is 7.86.